The van der Waals surface area contributed by atoms with Gasteiger partial charge in [0.1, 0.15) is 11.9 Å². The number of hydrogen-bond donors (Lipinski definition) is 1. The molecule has 0 aliphatic carbocycles. The lowest BCUT2D eigenvalue weighted by Crippen LogP contribution is -2.38. The van der Waals surface area contributed by atoms with E-state index in [1.54, 1.807) is 0 Å². The molecule has 5 heteroatoms. The normalized spacial score (nSPS) is 16.8. The van der Waals surface area contributed by atoms with Crippen molar-refractivity contribution in [2.24, 2.45) is 5.73 Å². The summed E-state index contributed by atoms with van der Waals surface area (Å²) in [4.78, 5) is 7.09. The van der Waals surface area contributed by atoms with Gasteiger partial charge < -0.3 is 10.6 Å². The standard InChI is InChI=1S/C23H21N5/c1-15-17(14-24)22-26-18-10-5-6-11-19(18)28(22)23(27-13-7-12-20(27)25)21(15)16-8-3-2-4-9-16/h2-6,8-11,20H,7,12-13,25H2,1H3. The van der Waals surface area contributed by atoms with E-state index in [4.69, 9.17) is 10.7 Å². The van der Waals surface area contributed by atoms with Crippen molar-refractivity contribution in [2.45, 2.75) is 25.9 Å². The van der Waals surface area contributed by atoms with Gasteiger partial charge in [-0.25, -0.2) is 4.98 Å². The summed E-state index contributed by atoms with van der Waals surface area (Å²) in [6.45, 7) is 2.92. The van der Waals surface area contributed by atoms with E-state index in [0.717, 1.165) is 52.9 Å². The molecule has 5 rings (SSSR count). The summed E-state index contributed by atoms with van der Waals surface area (Å²) in [6.07, 6.45) is 1.98. The lowest BCUT2D eigenvalue weighted by atomic mass is 9.97. The Labute approximate surface area is 163 Å². The number of nitriles is 1. The van der Waals surface area contributed by atoms with Crippen LogP contribution in [0.5, 0.6) is 0 Å². The first-order valence-electron chi connectivity index (χ1n) is 9.62. The third-order valence-corrected chi connectivity index (χ3v) is 5.72. The number of para-hydroxylation sites is 2. The average Bonchev–Trinajstić information content (AvgIpc) is 3.31. The molecule has 2 aromatic heterocycles. The maximum atomic E-state index is 9.98. The van der Waals surface area contributed by atoms with Crippen molar-refractivity contribution in [2.75, 3.05) is 11.4 Å². The Morgan fingerprint density at radius 1 is 1.11 bits per heavy atom. The van der Waals surface area contributed by atoms with E-state index in [1.807, 2.05) is 43.3 Å². The average molecular weight is 367 g/mol. The predicted octanol–water partition coefficient (Wildman–Crippen LogP) is 4.22. The molecule has 4 aromatic rings. The molecular weight excluding hydrogens is 346 g/mol. The van der Waals surface area contributed by atoms with E-state index in [-0.39, 0.29) is 6.17 Å². The number of imidazole rings is 1. The summed E-state index contributed by atoms with van der Waals surface area (Å²) in [5, 5.41) is 9.98. The molecule has 28 heavy (non-hydrogen) atoms. The van der Waals surface area contributed by atoms with Crippen LogP contribution in [0.4, 0.5) is 5.82 Å². The number of anilines is 1. The van der Waals surface area contributed by atoms with Crippen molar-refractivity contribution < 1.29 is 0 Å². The highest BCUT2D eigenvalue weighted by Gasteiger charge is 2.30. The number of pyridine rings is 1. The van der Waals surface area contributed by atoms with Gasteiger partial charge in [-0.05, 0) is 43.0 Å². The number of fused-ring (bicyclic) bond motifs is 3. The van der Waals surface area contributed by atoms with Gasteiger partial charge in [0, 0.05) is 12.1 Å². The van der Waals surface area contributed by atoms with E-state index in [9.17, 15) is 5.26 Å². The van der Waals surface area contributed by atoms with Crippen LogP contribution in [0, 0.1) is 18.3 Å². The second kappa shape index (κ2) is 6.36. The van der Waals surface area contributed by atoms with Gasteiger partial charge in [-0.15, -0.1) is 0 Å². The maximum absolute atomic E-state index is 9.98. The summed E-state index contributed by atoms with van der Waals surface area (Å²) in [7, 11) is 0. The molecule has 0 spiro atoms. The van der Waals surface area contributed by atoms with Crippen LogP contribution in [-0.2, 0) is 0 Å². The van der Waals surface area contributed by atoms with Crippen molar-refractivity contribution >= 4 is 22.5 Å². The first kappa shape index (κ1) is 16.8. The molecule has 0 amide bonds. The number of rotatable bonds is 2. The quantitative estimate of drug-likeness (QED) is 0.576. The fraction of sp³-hybridized carbons (Fsp3) is 0.217. The van der Waals surface area contributed by atoms with Gasteiger partial charge in [-0.2, -0.15) is 5.26 Å². The minimum Gasteiger partial charge on any atom is -0.342 e. The van der Waals surface area contributed by atoms with Gasteiger partial charge in [0.05, 0.1) is 22.8 Å². The van der Waals surface area contributed by atoms with Crippen molar-refractivity contribution in [3.05, 3.63) is 65.7 Å². The van der Waals surface area contributed by atoms with E-state index in [0.29, 0.717) is 11.2 Å². The fourth-order valence-corrected chi connectivity index (χ4v) is 4.39. The first-order chi connectivity index (χ1) is 13.7. The lowest BCUT2D eigenvalue weighted by molar-refractivity contribution is 0.692. The number of nitrogens with zero attached hydrogens (tertiary/aromatic N) is 4. The Morgan fingerprint density at radius 2 is 1.86 bits per heavy atom. The molecule has 1 atom stereocenters. The monoisotopic (exact) mass is 367 g/mol. The Hall–Kier alpha value is -3.36. The Bertz CT molecular complexity index is 1230. The number of aromatic nitrogens is 2. The SMILES string of the molecule is Cc1c(-c2ccccc2)c(N2CCCC2N)n2c(nc3ccccc32)c1C#N. The van der Waals surface area contributed by atoms with Crippen LogP contribution >= 0.6 is 0 Å². The minimum absolute atomic E-state index is 0.0424. The van der Waals surface area contributed by atoms with Crippen LogP contribution in [0.2, 0.25) is 0 Å². The van der Waals surface area contributed by atoms with Gasteiger partial charge in [-0.1, -0.05) is 42.5 Å². The summed E-state index contributed by atoms with van der Waals surface area (Å²) >= 11 is 0. The zero-order valence-electron chi connectivity index (χ0n) is 15.8. The van der Waals surface area contributed by atoms with Crippen LogP contribution in [0.1, 0.15) is 24.0 Å². The minimum atomic E-state index is -0.0424. The fourth-order valence-electron chi connectivity index (χ4n) is 4.39. The zero-order chi connectivity index (χ0) is 19.3. The van der Waals surface area contributed by atoms with E-state index in [2.05, 4.69) is 33.6 Å². The number of nitrogens with two attached hydrogens (primary N) is 1. The molecular formula is C23H21N5. The van der Waals surface area contributed by atoms with Crippen LogP contribution < -0.4 is 10.6 Å². The molecule has 1 saturated heterocycles. The molecule has 138 valence electrons. The highest BCUT2D eigenvalue weighted by atomic mass is 15.3. The highest BCUT2D eigenvalue weighted by molar-refractivity contribution is 5.92. The van der Waals surface area contributed by atoms with Gasteiger partial charge in [0.2, 0.25) is 0 Å². The van der Waals surface area contributed by atoms with Gasteiger partial charge in [-0.3, -0.25) is 4.40 Å². The van der Waals surface area contributed by atoms with Crippen LogP contribution in [0.25, 0.3) is 27.8 Å². The first-order valence-corrected chi connectivity index (χ1v) is 9.62. The van der Waals surface area contributed by atoms with Gasteiger partial charge in [0.25, 0.3) is 0 Å². The van der Waals surface area contributed by atoms with E-state index >= 15 is 0 Å². The Kier molecular flexibility index (Phi) is 3.81. The lowest BCUT2D eigenvalue weighted by Gasteiger charge is -2.29. The molecule has 1 unspecified atom stereocenters. The Morgan fingerprint density at radius 3 is 2.57 bits per heavy atom. The third-order valence-electron chi connectivity index (χ3n) is 5.72. The molecule has 2 aromatic carbocycles. The van der Waals surface area contributed by atoms with E-state index in [1.165, 1.54) is 0 Å². The summed E-state index contributed by atoms with van der Waals surface area (Å²) in [6, 6.07) is 20.7. The topological polar surface area (TPSA) is 70.3 Å². The Balaban J connectivity index is 2.01. The molecule has 1 aliphatic heterocycles. The molecule has 0 bridgehead atoms. The largest absolute Gasteiger partial charge is 0.342 e. The summed E-state index contributed by atoms with van der Waals surface area (Å²) < 4.78 is 2.13. The van der Waals surface area contributed by atoms with Crippen LogP contribution in [0.3, 0.4) is 0 Å². The second-order valence-corrected chi connectivity index (χ2v) is 7.34. The second-order valence-electron chi connectivity index (χ2n) is 7.34. The molecule has 0 radical (unpaired) electrons. The van der Waals surface area contributed by atoms with Crippen molar-refractivity contribution in [3.8, 4) is 17.2 Å². The third kappa shape index (κ3) is 2.32. The van der Waals surface area contributed by atoms with Crippen LogP contribution in [0.15, 0.2) is 54.6 Å². The molecule has 5 nitrogen and oxygen atoms in total. The molecule has 0 saturated carbocycles. The van der Waals surface area contributed by atoms with Gasteiger partial charge in [0.15, 0.2) is 5.65 Å². The maximum Gasteiger partial charge on any atom is 0.157 e. The molecule has 1 aliphatic rings. The highest BCUT2D eigenvalue weighted by Crippen LogP contribution is 2.41. The number of hydrogen-bond acceptors (Lipinski definition) is 4. The summed E-state index contributed by atoms with van der Waals surface area (Å²) in [5.41, 5.74) is 12.8. The number of benzene rings is 2. The van der Waals surface area contributed by atoms with Crippen molar-refractivity contribution in [1.29, 1.82) is 5.26 Å². The zero-order valence-corrected chi connectivity index (χ0v) is 15.8. The summed E-state index contributed by atoms with van der Waals surface area (Å²) in [5.74, 6) is 1.04. The molecule has 1 fully saturated rings. The van der Waals surface area contributed by atoms with Crippen molar-refractivity contribution in [3.63, 3.8) is 0 Å². The van der Waals surface area contributed by atoms with E-state index < -0.39 is 0 Å². The van der Waals surface area contributed by atoms with Crippen molar-refractivity contribution in [1.82, 2.24) is 9.38 Å². The molecule has 2 N–H and O–H groups in total. The molecule has 3 heterocycles. The van der Waals surface area contributed by atoms with Gasteiger partial charge >= 0.3 is 0 Å². The predicted molar refractivity (Wildman–Crippen MR) is 112 cm³/mol. The van der Waals surface area contributed by atoms with Crippen LogP contribution in [-0.4, -0.2) is 22.1 Å². The smallest absolute Gasteiger partial charge is 0.157 e.